The number of aryl methyl sites for hydroxylation is 1. The minimum absolute atomic E-state index is 0. The van der Waals surface area contributed by atoms with Crippen LogP contribution in [0.5, 0.6) is 0 Å². The average molecular weight is 494 g/mol. The molecule has 1 saturated heterocycles. The molecule has 0 unspecified atom stereocenters. The molecule has 1 fully saturated rings. The van der Waals surface area contributed by atoms with Crippen LogP contribution in [0, 0.1) is 0 Å². The third-order valence-electron chi connectivity index (χ3n) is 5.05. The number of hydrogen-bond acceptors (Lipinski definition) is 3. The number of aliphatic hydroxyl groups is 1. The molecular weight excluding hydrogens is 463 g/mol. The summed E-state index contributed by atoms with van der Waals surface area (Å²) in [6.07, 6.45) is 2.66. The van der Waals surface area contributed by atoms with E-state index in [0.29, 0.717) is 12.5 Å². The molecule has 1 heterocycles. The second-order valence-corrected chi connectivity index (χ2v) is 7.20. The molecule has 0 amide bonds. The lowest BCUT2D eigenvalue weighted by atomic mass is 10.1. The maximum atomic E-state index is 9.60. The summed E-state index contributed by atoms with van der Waals surface area (Å²) in [5.74, 6) is 0.426. The summed E-state index contributed by atoms with van der Waals surface area (Å²) < 4.78 is 0. The molecule has 0 aliphatic carbocycles. The predicted molar refractivity (Wildman–Crippen MR) is 127 cm³/mol. The van der Waals surface area contributed by atoms with Gasteiger partial charge in [-0.05, 0) is 48.1 Å². The van der Waals surface area contributed by atoms with E-state index in [1.165, 1.54) is 11.1 Å². The third-order valence-corrected chi connectivity index (χ3v) is 5.05. The van der Waals surface area contributed by atoms with Gasteiger partial charge in [-0.1, -0.05) is 43.3 Å². The van der Waals surface area contributed by atoms with Gasteiger partial charge in [0.1, 0.15) is 0 Å². The lowest BCUT2D eigenvalue weighted by Gasteiger charge is -2.29. The number of nitrogens with zero attached hydrogens (tertiary/aromatic N) is 2. The lowest BCUT2D eigenvalue weighted by molar-refractivity contribution is 0.0792. The van der Waals surface area contributed by atoms with E-state index >= 15 is 0 Å². The highest BCUT2D eigenvalue weighted by molar-refractivity contribution is 14.0. The molecule has 1 aliphatic rings. The minimum Gasteiger partial charge on any atom is -0.393 e. The molecule has 0 aromatic heterocycles. The number of anilines is 1. The molecule has 5 nitrogen and oxygen atoms in total. The number of aliphatic imine (C=N–C) groups is 1. The molecule has 6 heteroatoms. The van der Waals surface area contributed by atoms with Crippen LogP contribution in [0.2, 0.25) is 0 Å². The zero-order chi connectivity index (χ0) is 19.1. The van der Waals surface area contributed by atoms with Crippen molar-refractivity contribution >= 4 is 35.6 Å². The van der Waals surface area contributed by atoms with Gasteiger partial charge in [0.25, 0.3) is 0 Å². The lowest BCUT2D eigenvalue weighted by Crippen LogP contribution is -2.35. The van der Waals surface area contributed by atoms with Crippen molar-refractivity contribution in [1.82, 2.24) is 4.90 Å². The molecule has 0 atom stereocenters. The minimum atomic E-state index is -0.120. The molecule has 152 valence electrons. The quantitative estimate of drug-likeness (QED) is 0.325. The van der Waals surface area contributed by atoms with E-state index in [2.05, 4.69) is 58.5 Å². The first-order chi connectivity index (χ1) is 13.1. The van der Waals surface area contributed by atoms with E-state index in [9.17, 15) is 5.11 Å². The highest BCUT2D eigenvalue weighted by atomic mass is 127. The number of hydrogen-bond donors (Lipinski definition) is 3. The Balaban J connectivity index is 0.00000280. The van der Waals surface area contributed by atoms with Crippen molar-refractivity contribution in [2.45, 2.75) is 45.4 Å². The third kappa shape index (κ3) is 7.07. The number of halogens is 1. The summed E-state index contributed by atoms with van der Waals surface area (Å²) in [6.45, 7) is 5.57. The Morgan fingerprint density at radius 3 is 2.21 bits per heavy atom. The second kappa shape index (κ2) is 11.4. The summed E-state index contributed by atoms with van der Waals surface area (Å²) in [5.41, 5.74) is 10.7. The number of aliphatic hydroxyl groups excluding tert-OH is 1. The molecule has 0 bridgehead atoms. The van der Waals surface area contributed by atoms with Gasteiger partial charge in [-0.2, -0.15) is 0 Å². The predicted octanol–water partition coefficient (Wildman–Crippen LogP) is 3.75. The van der Waals surface area contributed by atoms with E-state index < -0.39 is 0 Å². The molecule has 0 radical (unpaired) electrons. The highest BCUT2D eigenvalue weighted by Gasteiger charge is 2.16. The van der Waals surface area contributed by atoms with Crippen molar-refractivity contribution in [3.8, 4) is 0 Å². The molecule has 1 aliphatic heterocycles. The molecule has 3 rings (SSSR count). The maximum absolute atomic E-state index is 9.60. The van der Waals surface area contributed by atoms with E-state index in [4.69, 9.17) is 5.73 Å². The number of nitrogens with one attached hydrogen (secondary N) is 1. The van der Waals surface area contributed by atoms with Crippen LogP contribution in [0.15, 0.2) is 53.5 Å². The van der Waals surface area contributed by atoms with Crippen LogP contribution in [0.4, 0.5) is 5.69 Å². The zero-order valence-electron chi connectivity index (χ0n) is 16.5. The van der Waals surface area contributed by atoms with Crippen LogP contribution in [-0.4, -0.2) is 35.2 Å². The van der Waals surface area contributed by atoms with Gasteiger partial charge in [-0.15, -0.1) is 24.0 Å². The van der Waals surface area contributed by atoms with Gasteiger partial charge in [-0.3, -0.25) is 4.90 Å². The van der Waals surface area contributed by atoms with Crippen LogP contribution in [-0.2, 0) is 19.5 Å². The monoisotopic (exact) mass is 494 g/mol. The fourth-order valence-corrected chi connectivity index (χ4v) is 3.27. The summed E-state index contributed by atoms with van der Waals surface area (Å²) >= 11 is 0. The Morgan fingerprint density at radius 1 is 1.04 bits per heavy atom. The first-order valence-corrected chi connectivity index (χ1v) is 9.76. The van der Waals surface area contributed by atoms with E-state index in [1.54, 1.807) is 0 Å². The van der Waals surface area contributed by atoms with E-state index in [0.717, 1.165) is 50.1 Å². The topological polar surface area (TPSA) is 73.9 Å². The van der Waals surface area contributed by atoms with Gasteiger partial charge in [0, 0.05) is 25.3 Å². The normalized spacial score (nSPS) is 15.9. The first-order valence-electron chi connectivity index (χ1n) is 9.76. The van der Waals surface area contributed by atoms with Crippen molar-refractivity contribution in [3.05, 3.63) is 65.2 Å². The Kier molecular flexibility index (Phi) is 9.21. The van der Waals surface area contributed by atoms with Crippen molar-refractivity contribution in [2.75, 3.05) is 18.4 Å². The Bertz CT molecular complexity index is 738. The highest BCUT2D eigenvalue weighted by Crippen LogP contribution is 2.15. The van der Waals surface area contributed by atoms with E-state index in [-0.39, 0.29) is 30.1 Å². The first kappa shape index (κ1) is 22.6. The fourth-order valence-electron chi connectivity index (χ4n) is 3.27. The van der Waals surface area contributed by atoms with Gasteiger partial charge in [-0.25, -0.2) is 4.99 Å². The number of guanidine groups is 1. The largest absolute Gasteiger partial charge is 0.393 e. The van der Waals surface area contributed by atoms with Gasteiger partial charge < -0.3 is 16.2 Å². The van der Waals surface area contributed by atoms with Crippen molar-refractivity contribution in [1.29, 1.82) is 0 Å². The molecular formula is C22H31IN4O. The molecule has 0 spiro atoms. The average Bonchev–Trinajstić information content (AvgIpc) is 2.70. The summed E-state index contributed by atoms with van der Waals surface area (Å²) in [7, 11) is 0. The van der Waals surface area contributed by atoms with Gasteiger partial charge >= 0.3 is 0 Å². The Labute approximate surface area is 185 Å². The summed E-state index contributed by atoms with van der Waals surface area (Å²) in [6, 6.07) is 16.8. The van der Waals surface area contributed by atoms with Crippen LogP contribution in [0.3, 0.4) is 0 Å². The SMILES string of the molecule is CCc1ccc(NC(N)=NCc2ccc(CN3CCC(O)CC3)cc2)cc1.I. The number of likely N-dealkylation sites (tertiary alicyclic amines) is 1. The molecule has 28 heavy (non-hydrogen) atoms. The van der Waals surface area contributed by atoms with Crippen LogP contribution in [0.25, 0.3) is 0 Å². The second-order valence-electron chi connectivity index (χ2n) is 7.20. The van der Waals surface area contributed by atoms with Crippen molar-refractivity contribution in [2.24, 2.45) is 10.7 Å². The molecule has 4 N–H and O–H groups in total. The molecule has 2 aromatic rings. The van der Waals surface area contributed by atoms with Gasteiger partial charge in [0.05, 0.1) is 12.6 Å². The van der Waals surface area contributed by atoms with Crippen LogP contribution in [0.1, 0.15) is 36.5 Å². The van der Waals surface area contributed by atoms with Gasteiger partial charge in [0.2, 0.25) is 0 Å². The van der Waals surface area contributed by atoms with Gasteiger partial charge in [0.15, 0.2) is 5.96 Å². The number of nitrogens with two attached hydrogens (primary N) is 1. The van der Waals surface area contributed by atoms with E-state index in [1.807, 2.05) is 12.1 Å². The fraction of sp³-hybridized carbons (Fsp3) is 0.409. The maximum Gasteiger partial charge on any atom is 0.193 e. The zero-order valence-corrected chi connectivity index (χ0v) is 18.8. The standard InChI is InChI=1S/C22H30N4O.HI/c1-2-17-7-9-20(10-8-17)25-22(23)24-15-18-3-5-19(6-4-18)16-26-13-11-21(27)12-14-26;/h3-10,21,27H,2,11-16H2,1H3,(H3,23,24,25);1H. The number of benzene rings is 2. The number of piperidine rings is 1. The molecule has 0 saturated carbocycles. The van der Waals surface area contributed by atoms with Crippen molar-refractivity contribution < 1.29 is 5.11 Å². The summed E-state index contributed by atoms with van der Waals surface area (Å²) in [5, 5.41) is 12.7. The van der Waals surface area contributed by atoms with Crippen molar-refractivity contribution in [3.63, 3.8) is 0 Å². The summed E-state index contributed by atoms with van der Waals surface area (Å²) in [4.78, 5) is 6.83. The Morgan fingerprint density at radius 2 is 1.61 bits per heavy atom. The Hall–Kier alpha value is -1.64. The molecule has 2 aromatic carbocycles. The van der Waals surface area contributed by atoms with Crippen LogP contribution >= 0.6 is 24.0 Å². The number of rotatable bonds is 6. The van der Waals surface area contributed by atoms with Crippen LogP contribution < -0.4 is 11.1 Å². The smallest absolute Gasteiger partial charge is 0.193 e.